The van der Waals surface area contributed by atoms with Crippen molar-refractivity contribution >= 4 is 23.1 Å². The Balaban J connectivity index is 1.74. The summed E-state index contributed by atoms with van der Waals surface area (Å²) in [6.07, 6.45) is 1.68. The molecule has 0 radical (unpaired) electrons. The minimum absolute atomic E-state index is 0.468. The highest BCUT2D eigenvalue weighted by molar-refractivity contribution is 5.62. The van der Waals surface area contributed by atoms with E-state index in [4.69, 9.17) is 14.2 Å². The molecule has 0 saturated heterocycles. The zero-order chi connectivity index (χ0) is 18.4. The molecule has 0 aliphatic carbocycles. The van der Waals surface area contributed by atoms with E-state index in [-0.39, 0.29) is 0 Å². The fraction of sp³-hybridized carbons (Fsp3) is 0.158. The first kappa shape index (κ1) is 17.3. The van der Waals surface area contributed by atoms with Crippen molar-refractivity contribution in [1.29, 1.82) is 0 Å². The summed E-state index contributed by atoms with van der Waals surface area (Å²) in [5.74, 6) is 3.23. The summed E-state index contributed by atoms with van der Waals surface area (Å²) in [4.78, 5) is 8.71. The summed E-state index contributed by atoms with van der Waals surface area (Å²) >= 11 is 0. The number of rotatable bonds is 7. The molecule has 0 spiro atoms. The van der Waals surface area contributed by atoms with Crippen molar-refractivity contribution in [2.24, 2.45) is 0 Å². The highest BCUT2D eigenvalue weighted by Crippen LogP contribution is 2.30. The first-order chi connectivity index (χ1) is 12.7. The molecular formula is C19H20N4O3. The number of nitrogens with one attached hydrogen (secondary N) is 2. The Labute approximate surface area is 152 Å². The van der Waals surface area contributed by atoms with Gasteiger partial charge in [0.15, 0.2) is 11.5 Å². The van der Waals surface area contributed by atoms with Gasteiger partial charge in [0.25, 0.3) is 0 Å². The van der Waals surface area contributed by atoms with Crippen molar-refractivity contribution in [2.45, 2.75) is 0 Å². The molecule has 0 atom stereocenters. The normalized spacial score (nSPS) is 10.1. The molecule has 3 rings (SSSR count). The van der Waals surface area contributed by atoms with Crippen molar-refractivity contribution in [3.8, 4) is 17.2 Å². The molecule has 0 bridgehead atoms. The van der Waals surface area contributed by atoms with Crippen molar-refractivity contribution in [1.82, 2.24) is 9.97 Å². The molecule has 0 unspecified atom stereocenters. The maximum atomic E-state index is 5.31. The SMILES string of the molecule is COc1ccc(Nc2ccnc(Nc3ccc(OC)c(OC)c3)n2)cc1. The summed E-state index contributed by atoms with van der Waals surface area (Å²) in [6.45, 7) is 0. The molecule has 0 saturated carbocycles. The number of hydrogen-bond acceptors (Lipinski definition) is 7. The molecule has 2 N–H and O–H groups in total. The second kappa shape index (κ2) is 8.06. The van der Waals surface area contributed by atoms with Crippen LogP contribution < -0.4 is 24.8 Å². The quantitative estimate of drug-likeness (QED) is 0.666. The van der Waals surface area contributed by atoms with Gasteiger partial charge in [-0.05, 0) is 42.5 Å². The predicted molar refractivity (Wildman–Crippen MR) is 101 cm³/mol. The van der Waals surface area contributed by atoms with E-state index in [1.165, 1.54) is 0 Å². The van der Waals surface area contributed by atoms with Gasteiger partial charge in [-0.2, -0.15) is 4.98 Å². The standard InChI is InChI=1S/C19H20N4O3/c1-24-15-7-4-13(5-8-15)21-18-10-11-20-19(23-18)22-14-6-9-16(25-2)17(12-14)26-3/h4-12H,1-3H3,(H2,20,21,22,23). The number of methoxy groups -OCH3 is 3. The van der Waals surface area contributed by atoms with Gasteiger partial charge in [-0.25, -0.2) is 4.98 Å². The van der Waals surface area contributed by atoms with Crippen LogP contribution in [0.5, 0.6) is 17.2 Å². The highest BCUT2D eigenvalue weighted by atomic mass is 16.5. The van der Waals surface area contributed by atoms with E-state index in [0.717, 1.165) is 17.1 Å². The maximum absolute atomic E-state index is 5.31. The lowest BCUT2D eigenvalue weighted by atomic mass is 10.3. The zero-order valence-corrected chi connectivity index (χ0v) is 14.8. The smallest absolute Gasteiger partial charge is 0.229 e. The zero-order valence-electron chi connectivity index (χ0n) is 14.8. The van der Waals surface area contributed by atoms with Crippen LogP contribution in [0, 0.1) is 0 Å². The van der Waals surface area contributed by atoms with E-state index in [9.17, 15) is 0 Å². The fourth-order valence-corrected chi connectivity index (χ4v) is 2.35. The van der Waals surface area contributed by atoms with Gasteiger partial charge in [-0.15, -0.1) is 0 Å². The van der Waals surface area contributed by atoms with E-state index in [1.807, 2.05) is 42.5 Å². The molecule has 2 aromatic carbocycles. The molecule has 1 heterocycles. The van der Waals surface area contributed by atoms with E-state index in [1.54, 1.807) is 33.6 Å². The average Bonchev–Trinajstić information content (AvgIpc) is 2.69. The molecule has 0 aliphatic rings. The Morgan fingerprint density at radius 2 is 1.46 bits per heavy atom. The molecule has 134 valence electrons. The van der Waals surface area contributed by atoms with Crippen LogP contribution in [0.3, 0.4) is 0 Å². The van der Waals surface area contributed by atoms with E-state index in [0.29, 0.717) is 23.3 Å². The second-order valence-corrected chi connectivity index (χ2v) is 5.31. The van der Waals surface area contributed by atoms with Crippen LogP contribution in [-0.2, 0) is 0 Å². The van der Waals surface area contributed by atoms with Gasteiger partial charge in [0.05, 0.1) is 21.3 Å². The molecule has 7 nitrogen and oxygen atoms in total. The van der Waals surface area contributed by atoms with E-state index >= 15 is 0 Å². The summed E-state index contributed by atoms with van der Waals surface area (Å²) in [6, 6.07) is 14.9. The Kier molecular flexibility index (Phi) is 5.38. The van der Waals surface area contributed by atoms with Gasteiger partial charge in [-0.3, -0.25) is 0 Å². The average molecular weight is 352 g/mol. The van der Waals surface area contributed by atoms with Crippen molar-refractivity contribution in [2.75, 3.05) is 32.0 Å². The third-order valence-corrected chi connectivity index (χ3v) is 3.66. The van der Waals surface area contributed by atoms with Crippen LogP contribution in [0.2, 0.25) is 0 Å². The summed E-state index contributed by atoms with van der Waals surface area (Å²) in [5.41, 5.74) is 1.70. The van der Waals surface area contributed by atoms with Gasteiger partial charge in [0.1, 0.15) is 11.6 Å². The Bertz CT molecular complexity index is 869. The Morgan fingerprint density at radius 3 is 2.15 bits per heavy atom. The fourth-order valence-electron chi connectivity index (χ4n) is 2.35. The molecule has 26 heavy (non-hydrogen) atoms. The van der Waals surface area contributed by atoms with Gasteiger partial charge in [0.2, 0.25) is 5.95 Å². The summed E-state index contributed by atoms with van der Waals surface area (Å²) in [5, 5.41) is 6.39. The van der Waals surface area contributed by atoms with Gasteiger partial charge in [0, 0.05) is 23.6 Å². The molecule has 0 aliphatic heterocycles. The third-order valence-electron chi connectivity index (χ3n) is 3.66. The van der Waals surface area contributed by atoms with E-state index < -0.39 is 0 Å². The number of nitrogens with zero attached hydrogens (tertiary/aromatic N) is 2. The first-order valence-electron chi connectivity index (χ1n) is 7.95. The van der Waals surface area contributed by atoms with Gasteiger partial charge < -0.3 is 24.8 Å². The second-order valence-electron chi connectivity index (χ2n) is 5.31. The van der Waals surface area contributed by atoms with Crippen LogP contribution in [0.25, 0.3) is 0 Å². The van der Waals surface area contributed by atoms with Gasteiger partial charge in [-0.1, -0.05) is 0 Å². The molecular weight excluding hydrogens is 332 g/mol. The molecule has 3 aromatic rings. The molecule has 7 heteroatoms. The largest absolute Gasteiger partial charge is 0.497 e. The Hall–Kier alpha value is -3.48. The third kappa shape index (κ3) is 4.13. The van der Waals surface area contributed by atoms with Crippen LogP contribution >= 0.6 is 0 Å². The lowest BCUT2D eigenvalue weighted by molar-refractivity contribution is 0.355. The molecule has 0 fully saturated rings. The van der Waals surface area contributed by atoms with Crippen LogP contribution in [0.1, 0.15) is 0 Å². The minimum Gasteiger partial charge on any atom is -0.497 e. The highest BCUT2D eigenvalue weighted by Gasteiger charge is 2.06. The molecule has 0 amide bonds. The van der Waals surface area contributed by atoms with Crippen molar-refractivity contribution in [3.05, 3.63) is 54.7 Å². The monoisotopic (exact) mass is 352 g/mol. The van der Waals surface area contributed by atoms with Crippen LogP contribution in [0.4, 0.5) is 23.1 Å². The number of hydrogen-bond donors (Lipinski definition) is 2. The lowest BCUT2D eigenvalue weighted by Gasteiger charge is -2.11. The number of ether oxygens (including phenoxy) is 3. The maximum Gasteiger partial charge on any atom is 0.229 e. The summed E-state index contributed by atoms with van der Waals surface area (Å²) in [7, 11) is 4.83. The summed E-state index contributed by atoms with van der Waals surface area (Å²) < 4.78 is 15.7. The predicted octanol–water partition coefficient (Wildman–Crippen LogP) is 3.99. The molecule has 1 aromatic heterocycles. The van der Waals surface area contributed by atoms with Crippen LogP contribution in [-0.4, -0.2) is 31.3 Å². The first-order valence-corrected chi connectivity index (χ1v) is 7.95. The Morgan fingerprint density at radius 1 is 0.731 bits per heavy atom. The van der Waals surface area contributed by atoms with E-state index in [2.05, 4.69) is 20.6 Å². The van der Waals surface area contributed by atoms with Gasteiger partial charge >= 0.3 is 0 Å². The lowest BCUT2D eigenvalue weighted by Crippen LogP contribution is -2.01. The number of benzene rings is 2. The topological polar surface area (TPSA) is 77.5 Å². The van der Waals surface area contributed by atoms with Crippen LogP contribution in [0.15, 0.2) is 54.7 Å². The number of anilines is 4. The minimum atomic E-state index is 0.468. The van der Waals surface area contributed by atoms with Crippen molar-refractivity contribution in [3.63, 3.8) is 0 Å². The van der Waals surface area contributed by atoms with Crippen molar-refractivity contribution < 1.29 is 14.2 Å². The number of aromatic nitrogens is 2.